The lowest BCUT2D eigenvalue weighted by Gasteiger charge is -2.08. The summed E-state index contributed by atoms with van der Waals surface area (Å²) in [5.74, 6) is 0.892. The quantitative estimate of drug-likeness (QED) is 0.926. The lowest BCUT2D eigenvalue weighted by Crippen LogP contribution is -1.97. The number of aryl methyl sites for hydroxylation is 2. The minimum Gasteiger partial charge on any atom is -0.436 e. The van der Waals surface area contributed by atoms with E-state index in [4.69, 9.17) is 21.4 Å². The highest BCUT2D eigenvalue weighted by Crippen LogP contribution is 2.26. The molecule has 0 aliphatic heterocycles. The highest BCUT2D eigenvalue weighted by atomic mass is 35.5. The Kier molecular flexibility index (Phi) is 3.79. The van der Waals surface area contributed by atoms with Crippen molar-refractivity contribution in [3.8, 4) is 11.6 Å². The van der Waals surface area contributed by atoms with Crippen molar-refractivity contribution in [3.63, 3.8) is 0 Å². The Labute approximate surface area is 110 Å². The van der Waals surface area contributed by atoms with Gasteiger partial charge in [0.25, 0.3) is 5.88 Å². The van der Waals surface area contributed by atoms with Gasteiger partial charge in [-0.05, 0) is 31.5 Å². The molecule has 1 aromatic heterocycles. The average Bonchev–Trinajstić information content (AvgIpc) is 2.37. The maximum absolute atomic E-state index is 8.94. The first kappa shape index (κ1) is 12.8. The average molecular weight is 265 g/mol. The first-order chi connectivity index (χ1) is 8.60. The number of hydrogen-bond donors (Lipinski definition) is 1. The van der Waals surface area contributed by atoms with Crippen LogP contribution in [0.15, 0.2) is 24.3 Å². The molecule has 0 saturated carbocycles. The van der Waals surface area contributed by atoms with Gasteiger partial charge in [0.15, 0.2) is 5.15 Å². The number of rotatable bonds is 3. The summed E-state index contributed by atoms with van der Waals surface area (Å²) in [5.41, 5.74) is 2.38. The summed E-state index contributed by atoms with van der Waals surface area (Å²) in [6, 6.07) is 7.05. The maximum atomic E-state index is 8.94. The van der Waals surface area contributed by atoms with E-state index in [1.54, 1.807) is 24.3 Å². The predicted molar refractivity (Wildman–Crippen MR) is 69.0 cm³/mol. The molecule has 4 nitrogen and oxygen atoms in total. The van der Waals surface area contributed by atoms with Gasteiger partial charge in [0.05, 0.1) is 18.0 Å². The van der Waals surface area contributed by atoms with Crippen LogP contribution in [0.3, 0.4) is 0 Å². The van der Waals surface area contributed by atoms with E-state index in [2.05, 4.69) is 9.97 Å². The fourth-order valence-electron chi connectivity index (χ4n) is 1.39. The van der Waals surface area contributed by atoms with Crippen LogP contribution in [0.1, 0.15) is 17.0 Å². The van der Waals surface area contributed by atoms with Crippen LogP contribution in [-0.4, -0.2) is 15.1 Å². The molecule has 0 aliphatic rings. The lowest BCUT2D eigenvalue weighted by molar-refractivity contribution is 0.281. The topological polar surface area (TPSA) is 55.2 Å². The lowest BCUT2D eigenvalue weighted by atomic mass is 10.2. The molecule has 0 radical (unpaired) electrons. The van der Waals surface area contributed by atoms with Crippen molar-refractivity contribution in [2.45, 2.75) is 20.5 Å². The summed E-state index contributed by atoms with van der Waals surface area (Å²) in [6.07, 6.45) is 0. The van der Waals surface area contributed by atoms with E-state index in [1.807, 2.05) is 13.8 Å². The smallest absolute Gasteiger partial charge is 0.257 e. The number of hydrogen-bond acceptors (Lipinski definition) is 4. The van der Waals surface area contributed by atoms with E-state index in [0.717, 1.165) is 17.0 Å². The van der Waals surface area contributed by atoms with Crippen LogP contribution in [0, 0.1) is 13.8 Å². The van der Waals surface area contributed by atoms with Crippen molar-refractivity contribution in [1.29, 1.82) is 0 Å². The van der Waals surface area contributed by atoms with Gasteiger partial charge in [0.2, 0.25) is 0 Å². The van der Waals surface area contributed by atoms with Crippen molar-refractivity contribution in [2.75, 3.05) is 0 Å². The minimum absolute atomic E-state index is 0.00445. The number of aromatic nitrogens is 2. The first-order valence-electron chi connectivity index (χ1n) is 5.48. The van der Waals surface area contributed by atoms with Crippen LogP contribution in [-0.2, 0) is 6.61 Å². The highest BCUT2D eigenvalue weighted by Gasteiger charge is 2.09. The van der Waals surface area contributed by atoms with Gasteiger partial charge in [0.1, 0.15) is 5.75 Å². The summed E-state index contributed by atoms with van der Waals surface area (Å²) >= 11 is 5.97. The number of halogens is 1. The standard InChI is InChI=1S/C13H13ClN2O2/c1-8-9(2)16-13(12(14)15-8)18-11-5-3-10(7-17)4-6-11/h3-6,17H,7H2,1-2H3. The molecule has 0 atom stereocenters. The third-order valence-corrected chi connectivity index (χ3v) is 2.80. The van der Waals surface area contributed by atoms with Gasteiger partial charge in [-0.1, -0.05) is 23.7 Å². The highest BCUT2D eigenvalue weighted by molar-refractivity contribution is 6.30. The molecule has 0 amide bonds. The fourth-order valence-corrected chi connectivity index (χ4v) is 1.60. The number of nitrogens with zero attached hydrogens (tertiary/aromatic N) is 2. The Bertz CT molecular complexity index is 556. The van der Waals surface area contributed by atoms with Crippen LogP contribution < -0.4 is 4.74 Å². The van der Waals surface area contributed by atoms with Gasteiger partial charge in [-0.3, -0.25) is 0 Å². The molecule has 0 saturated heterocycles. The van der Waals surface area contributed by atoms with Gasteiger partial charge in [0, 0.05) is 0 Å². The fraction of sp³-hybridized carbons (Fsp3) is 0.231. The third kappa shape index (κ3) is 2.78. The van der Waals surface area contributed by atoms with E-state index < -0.39 is 0 Å². The van der Waals surface area contributed by atoms with Crippen molar-refractivity contribution >= 4 is 11.6 Å². The van der Waals surface area contributed by atoms with Crippen LogP contribution in [0.25, 0.3) is 0 Å². The molecular formula is C13H13ClN2O2. The zero-order chi connectivity index (χ0) is 13.1. The normalized spacial score (nSPS) is 10.4. The number of ether oxygens (including phenoxy) is 1. The first-order valence-corrected chi connectivity index (χ1v) is 5.86. The maximum Gasteiger partial charge on any atom is 0.257 e. The van der Waals surface area contributed by atoms with Crippen LogP contribution >= 0.6 is 11.6 Å². The van der Waals surface area contributed by atoms with E-state index in [9.17, 15) is 0 Å². The van der Waals surface area contributed by atoms with Crippen LogP contribution in [0.2, 0.25) is 5.15 Å². The second kappa shape index (κ2) is 5.33. The number of benzene rings is 1. The monoisotopic (exact) mass is 264 g/mol. The summed E-state index contributed by atoms with van der Waals surface area (Å²) in [4.78, 5) is 8.38. The number of aliphatic hydroxyl groups excluding tert-OH is 1. The van der Waals surface area contributed by atoms with E-state index >= 15 is 0 Å². The summed E-state index contributed by atoms with van der Waals surface area (Å²) in [7, 11) is 0. The Morgan fingerprint density at radius 1 is 1.11 bits per heavy atom. The van der Waals surface area contributed by atoms with E-state index in [-0.39, 0.29) is 17.6 Å². The summed E-state index contributed by atoms with van der Waals surface area (Å²) in [5, 5.41) is 9.19. The predicted octanol–water partition coefficient (Wildman–Crippen LogP) is 3.03. The Morgan fingerprint density at radius 3 is 2.33 bits per heavy atom. The van der Waals surface area contributed by atoms with Gasteiger partial charge >= 0.3 is 0 Å². The zero-order valence-electron chi connectivity index (χ0n) is 10.1. The molecule has 0 spiro atoms. The molecule has 5 heteroatoms. The molecule has 1 aromatic carbocycles. The Balaban J connectivity index is 2.25. The molecular weight excluding hydrogens is 252 g/mol. The molecule has 0 bridgehead atoms. The molecule has 0 aliphatic carbocycles. The van der Waals surface area contributed by atoms with Gasteiger partial charge in [-0.2, -0.15) is 0 Å². The van der Waals surface area contributed by atoms with Gasteiger partial charge in [-0.25, -0.2) is 9.97 Å². The number of aliphatic hydroxyl groups is 1. The summed E-state index contributed by atoms with van der Waals surface area (Å²) < 4.78 is 5.56. The van der Waals surface area contributed by atoms with Crippen molar-refractivity contribution < 1.29 is 9.84 Å². The SMILES string of the molecule is Cc1nc(Cl)c(Oc2ccc(CO)cc2)nc1C. The Hall–Kier alpha value is -1.65. The van der Waals surface area contributed by atoms with Crippen LogP contribution in [0.5, 0.6) is 11.6 Å². The van der Waals surface area contributed by atoms with E-state index in [1.165, 1.54) is 0 Å². The zero-order valence-corrected chi connectivity index (χ0v) is 10.9. The summed E-state index contributed by atoms with van der Waals surface area (Å²) in [6.45, 7) is 3.69. The molecule has 18 heavy (non-hydrogen) atoms. The van der Waals surface area contributed by atoms with Crippen molar-refractivity contribution in [2.24, 2.45) is 0 Å². The van der Waals surface area contributed by atoms with E-state index in [0.29, 0.717) is 5.75 Å². The Morgan fingerprint density at radius 2 is 1.72 bits per heavy atom. The molecule has 1 heterocycles. The largest absolute Gasteiger partial charge is 0.436 e. The third-order valence-electron chi connectivity index (χ3n) is 2.56. The molecule has 0 fully saturated rings. The molecule has 1 N–H and O–H groups in total. The second-order valence-electron chi connectivity index (χ2n) is 3.89. The van der Waals surface area contributed by atoms with Crippen molar-refractivity contribution in [1.82, 2.24) is 9.97 Å². The second-order valence-corrected chi connectivity index (χ2v) is 4.25. The molecule has 94 valence electrons. The van der Waals surface area contributed by atoms with Crippen LogP contribution in [0.4, 0.5) is 0 Å². The minimum atomic E-state index is 0.00445. The van der Waals surface area contributed by atoms with Gasteiger partial charge in [-0.15, -0.1) is 0 Å². The molecule has 0 unspecified atom stereocenters. The molecule has 2 aromatic rings. The van der Waals surface area contributed by atoms with Crippen molar-refractivity contribution in [3.05, 3.63) is 46.4 Å². The van der Waals surface area contributed by atoms with Gasteiger partial charge < -0.3 is 9.84 Å². The molecule has 2 rings (SSSR count).